The van der Waals surface area contributed by atoms with Gasteiger partial charge in [-0.05, 0) is 12.1 Å². The second-order valence-electron chi connectivity index (χ2n) is 3.01. The Morgan fingerprint density at radius 1 is 1.41 bits per heavy atom. The number of ether oxygens (including phenoxy) is 2. The smallest absolute Gasteiger partial charge is 0.354 e. The molecule has 0 amide bonds. The van der Waals surface area contributed by atoms with Gasteiger partial charge in [0, 0.05) is 0 Å². The molecular formula is C11H13NO5. The second-order valence-corrected chi connectivity index (χ2v) is 3.01. The minimum Gasteiger partial charge on any atom is -0.467 e. The molecule has 6 heteroatoms. The molecule has 0 spiro atoms. The maximum Gasteiger partial charge on any atom is 0.354 e. The molecule has 1 aromatic heterocycles. The van der Waals surface area contributed by atoms with Crippen molar-refractivity contribution in [3.8, 4) is 0 Å². The fourth-order valence-corrected chi connectivity index (χ4v) is 1.06. The highest BCUT2D eigenvalue weighted by Crippen LogP contribution is 2.02. The summed E-state index contributed by atoms with van der Waals surface area (Å²) in [6.45, 7) is 0.269. The Morgan fingerprint density at radius 3 is 2.71 bits per heavy atom. The van der Waals surface area contributed by atoms with Crippen molar-refractivity contribution in [1.29, 1.82) is 0 Å². The zero-order valence-corrected chi connectivity index (χ0v) is 9.56. The molecule has 0 aliphatic heterocycles. The predicted molar refractivity (Wildman–Crippen MR) is 57.7 cm³/mol. The molecule has 1 aromatic rings. The molecule has 0 aliphatic rings. The quantitative estimate of drug-likeness (QED) is 0.598. The largest absolute Gasteiger partial charge is 0.467 e. The van der Waals surface area contributed by atoms with Crippen molar-refractivity contribution in [3.05, 3.63) is 35.9 Å². The van der Waals surface area contributed by atoms with Crippen LogP contribution in [0, 0.1) is 0 Å². The van der Waals surface area contributed by atoms with Gasteiger partial charge in [-0.3, -0.25) is 0 Å². The molecule has 0 aliphatic carbocycles. The first kappa shape index (κ1) is 12.8. The summed E-state index contributed by atoms with van der Waals surface area (Å²) in [6.07, 6.45) is 2.54. The monoisotopic (exact) mass is 239 g/mol. The van der Waals surface area contributed by atoms with Crippen LogP contribution in [0.15, 0.2) is 34.6 Å². The van der Waals surface area contributed by atoms with E-state index in [1.165, 1.54) is 20.5 Å². The third-order valence-corrected chi connectivity index (χ3v) is 1.90. The molecule has 0 radical (unpaired) electrons. The molecule has 0 bridgehead atoms. The average molecular weight is 239 g/mol. The van der Waals surface area contributed by atoms with Crippen LogP contribution in [-0.2, 0) is 25.6 Å². The van der Waals surface area contributed by atoms with Gasteiger partial charge >= 0.3 is 11.9 Å². The molecule has 1 N–H and O–H groups in total. The molecule has 92 valence electrons. The van der Waals surface area contributed by atoms with Crippen LogP contribution in [0.25, 0.3) is 0 Å². The number of carbonyl (C=O) groups is 2. The SMILES string of the molecule is COC(=O)/C=C(\NCc1ccco1)C(=O)OC. The van der Waals surface area contributed by atoms with Gasteiger partial charge in [-0.15, -0.1) is 0 Å². The normalized spacial score (nSPS) is 10.8. The van der Waals surface area contributed by atoms with Gasteiger partial charge in [0.15, 0.2) is 0 Å². The zero-order chi connectivity index (χ0) is 12.7. The van der Waals surface area contributed by atoms with Crippen molar-refractivity contribution in [3.63, 3.8) is 0 Å². The van der Waals surface area contributed by atoms with E-state index in [9.17, 15) is 9.59 Å². The Bertz CT molecular complexity index is 408. The van der Waals surface area contributed by atoms with Crippen molar-refractivity contribution in [2.24, 2.45) is 0 Å². The lowest BCUT2D eigenvalue weighted by molar-refractivity contribution is -0.138. The van der Waals surface area contributed by atoms with Gasteiger partial charge in [-0.2, -0.15) is 0 Å². The number of methoxy groups -OCH3 is 2. The Labute approximate surface area is 98.2 Å². The van der Waals surface area contributed by atoms with E-state index in [0.717, 1.165) is 6.08 Å². The van der Waals surface area contributed by atoms with Crippen molar-refractivity contribution in [1.82, 2.24) is 5.32 Å². The molecule has 1 heterocycles. The van der Waals surface area contributed by atoms with E-state index in [0.29, 0.717) is 5.76 Å². The Hall–Kier alpha value is -2.24. The van der Waals surface area contributed by atoms with Crippen LogP contribution >= 0.6 is 0 Å². The van der Waals surface area contributed by atoms with Gasteiger partial charge < -0.3 is 19.2 Å². The average Bonchev–Trinajstić information content (AvgIpc) is 2.86. The summed E-state index contributed by atoms with van der Waals surface area (Å²) in [4.78, 5) is 22.4. The number of hydrogen-bond donors (Lipinski definition) is 1. The second kappa shape index (κ2) is 6.37. The van der Waals surface area contributed by atoms with Gasteiger partial charge in [0.1, 0.15) is 11.5 Å². The Kier molecular flexibility index (Phi) is 4.80. The topological polar surface area (TPSA) is 77.8 Å². The van der Waals surface area contributed by atoms with E-state index < -0.39 is 11.9 Å². The van der Waals surface area contributed by atoms with Crippen molar-refractivity contribution in [2.75, 3.05) is 14.2 Å². The highest BCUT2D eigenvalue weighted by atomic mass is 16.5. The molecule has 17 heavy (non-hydrogen) atoms. The minimum absolute atomic E-state index is 0.00995. The molecule has 0 saturated carbocycles. The number of nitrogens with one attached hydrogen (secondary N) is 1. The molecule has 1 rings (SSSR count). The Morgan fingerprint density at radius 2 is 2.18 bits per heavy atom. The zero-order valence-electron chi connectivity index (χ0n) is 9.56. The third-order valence-electron chi connectivity index (χ3n) is 1.90. The van der Waals surface area contributed by atoms with E-state index in [1.54, 1.807) is 12.1 Å². The van der Waals surface area contributed by atoms with Crippen LogP contribution in [-0.4, -0.2) is 26.2 Å². The predicted octanol–water partition coefficient (Wildman–Crippen LogP) is 0.599. The minimum atomic E-state index is -0.651. The molecule has 0 atom stereocenters. The van der Waals surface area contributed by atoms with Crippen LogP contribution in [0.5, 0.6) is 0 Å². The summed E-state index contributed by atoms with van der Waals surface area (Å²) in [5.74, 6) is -0.663. The first-order valence-corrected chi connectivity index (χ1v) is 4.81. The molecule has 0 saturated heterocycles. The van der Waals surface area contributed by atoms with Crippen LogP contribution in [0.2, 0.25) is 0 Å². The van der Waals surface area contributed by atoms with E-state index in [2.05, 4.69) is 14.8 Å². The first-order chi connectivity index (χ1) is 8.17. The standard InChI is InChI=1S/C11H13NO5/c1-15-10(13)6-9(11(14)16-2)12-7-8-4-3-5-17-8/h3-6,12H,7H2,1-2H3/b9-6-. The van der Waals surface area contributed by atoms with E-state index in [-0.39, 0.29) is 12.2 Å². The Balaban J connectivity index is 2.67. The fourth-order valence-electron chi connectivity index (χ4n) is 1.06. The number of hydrogen-bond acceptors (Lipinski definition) is 6. The summed E-state index contributed by atoms with van der Waals surface area (Å²) in [5, 5.41) is 2.73. The molecule has 0 fully saturated rings. The van der Waals surface area contributed by atoms with Gasteiger partial charge in [0.05, 0.1) is 33.1 Å². The van der Waals surface area contributed by atoms with Crippen LogP contribution in [0.1, 0.15) is 5.76 Å². The van der Waals surface area contributed by atoms with Crippen molar-refractivity contribution >= 4 is 11.9 Å². The molecular weight excluding hydrogens is 226 g/mol. The number of rotatable bonds is 5. The summed E-state index contributed by atoms with van der Waals surface area (Å²) in [5.41, 5.74) is 0.00995. The lowest BCUT2D eigenvalue weighted by Crippen LogP contribution is -2.22. The third kappa shape index (κ3) is 4.02. The van der Waals surface area contributed by atoms with Crippen LogP contribution in [0.3, 0.4) is 0 Å². The van der Waals surface area contributed by atoms with E-state index in [4.69, 9.17) is 4.42 Å². The summed E-state index contributed by atoms with van der Waals surface area (Å²) < 4.78 is 14.0. The van der Waals surface area contributed by atoms with E-state index >= 15 is 0 Å². The van der Waals surface area contributed by atoms with Gasteiger partial charge in [0.2, 0.25) is 0 Å². The fraction of sp³-hybridized carbons (Fsp3) is 0.273. The maximum atomic E-state index is 11.3. The first-order valence-electron chi connectivity index (χ1n) is 4.81. The summed E-state index contributed by atoms with van der Waals surface area (Å²) >= 11 is 0. The van der Waals surface area contributed by atoms with Gasteiger partial charge in [-0.25, -0.2) is 9.59 Å². The lowest BCUT2D eigenvalue weighted by Gasteiger charge is -2.07. The van der Waals surface area contributed by atoms with Gasteiger partial charge in [-0.1, -0.05) is 0 Å². The number of carbonyl (C=O) groups excluding carboxylic acids is 2. The highest BCUT2D eigenvalue weighted by Gasteiger charge is 2.12. The molecule has 6 nitrogen and oxygen atoms in total. The van der Waals surface area contributed by atoms with Crippen LogP contribution < -0.4 is 5.32 Å². The number of esters is 2. The van der Waals surface area contributed by atoms with Crippen LogP contribution in [0.4, 0.5) is 0 Å². The molecule has 0 aromatic carbocycles. The summed E-state index contributed by atoms with van der Waals surface area (Å²) in [6, 6.07) is 3.46. The van der Waals surface area contributed by atoms with Crippen molar-refractivity contribution < 1.29 is 23.5 Å². The van der Waals surface area contributed by atoms with E-state index in [1.807, 2.05) is 0 Å². The van der Waals surface area contributed by atoms with Gasteiger partial charge in [0.25, 0.3) is 0 Å². The van der Waals surface area contributed by atoms with Crippen molar-refractivity contribution in [2.45, 2.75) is 6.54 Å². The summed E-state index contributed by atoms with van der Waals surface area (Å²) in [7, 11) is 2.45. The number of furan rings is 1. The maximum absolute atomic E-state index is 11.3. The lowest BCUT2D eigenvalue weighted by atomic mass is 10.3. The molecule has 0 unspecified atom stereocenters. The highest BCUT2D eigenvalue weighted by molar-refractivity contribution is 5.95.